The number of anilines is 1. The second kappa shape index (κ2) is 10.3. The molecule has 0 aliphatic carbocycles. The first-order valence-corrected chi connectivity index (χ1v) is 9.18. The highest BCUT2D eigenvalue weighted by atomic mass is 16.6. The van der Waals surface area contributed by atoms with Gasteiger partial charge in [0.25, 0.3) is 0 Å². The summed E-state index contributed by atoms with van der Waals surface area (Å²) in [5, 5.41) is 2.75. The molecule has 2 rings (SSSR count). The fraction of sp³-hybridized carbons (Fsp3) is 0.318. The lowest BCUT2D eigenvalue weighted by Gasteiger charge is -2.10. The fourth-order valence-electron chi connectivity index (χ4n) is 2.56. The summed E-state index contributed by atoms with van der Waals surface area (Å²) >= 11 is 0. The Balaban J connectivity index is 1.79. The number of ether oxygens (including phenoxy) is 2. The van der Waals surface area contributed by atoms with Gasteiger partial charge in [-0.3, -0.25) is 9.59 Å². The predicted octanol–water partition coefficient (Wildman–Crippen LogP) is 3.85. The van der Waals surface area contributed by atoms with Crippen LogP contribution in [0, 0.1) is 13.8 Å². The van der Waals surface area contributed by atoms with Crippen molar-refractivity contribution in [2.45, 2.75) is 33.6 Å². The van der Waals surface area contributed by atoms with Gasteiger partial charge in [-0.1, -0.05) is 24.6 Å². The molecule has 1 amide bonds. The topological polar surface area (TPSA) is 81.7 Å². The molecule has 0 aliphatic rings. The molecule has 0 spiro atoms. The van der Waals surface area contributed by atoms with Crippen molar-refractivity contribution < 1.29 is 23.9 Å². The molecule has 6 nitrogen and oxygen atoms in total. The molecule has 0 unspecified atom stereocenters. The van der Waals surface area contributed by atoms with Gasteiger partial charge in [0.05, 0.1) is 0 Å². The van der Waals surface area contributed by atoms with Gasteiger partial charge in [-0.2, -0.15) is 0 Å². The number of rotatable bonds is 9. The molecule has 1 N–H and O–H groups in total. The quantitative estimate of drug-likeness (QED) is 0.525. The zero-order chi connectivity index (χ0) is 20.5. The molecule has 0 saturated heterocycles. The number of aryl methyl sites for hydroxylation is 2. The maximum atomic E-state index is 12.1. The second-order valence-electron chi connectivity index (χ2n) is 6.52. The molecule has 0 aromatic heterocycles. The average molecular weight is 383 g/mol. The molecule has 28 heavy (non-hydrogen) atoms. The van der Waals surface area contributed by atoms with Gasteiger partial charge in [0.15, 0.2) is 19.0 Å². The van der Waals surface area contributed by atoms with Crippen LogP contribution in [-0.4, -0.2) is 30.9 Å². The van der Waals surface area contributed by atoms with Crippen molar-refractivity contribution in [1.82, 2.24) is 0 Å². The third-order valence-electron chi connectivity index (χ3n) is 4.01. The van der Waals surface area contributed by atoms with Gasteiger partial charge < -0.3 is 14.8 Å². The Bertz CT molecular complexity index is 843. The fourth-order valence-corrected chi connectivity index (χ4v) is 2.56. The van der Waals surface area contributed by atoms with Gasteiger partial charge in [0, 0.05) is 17.7 Å². The number of nitrogens with one attached hydrogen (secondary N) is 1. The molecule has 0 saturated carbocycles. The van der Waals surface area contributed by atoms with E-state index in [2.05, 4.69) is 5.32 Å². The molecule has 6 heteroatoms. The predicted molar refractivity (Wildman–Crippen MR) is 107 cm³/mol. The number of amides is 1. The minimum atomic E-state index is -0.614. The normalized spacial score (nSPS) is 10.2. The average Bonchev–Trinajstić information content (AvgIpc) is 2.66. The first kappa shape index (κ1) is 21.2. The lowest BCUT2D eigenvalue weighted by molar-refractivity contribution is -0.144. The van der Waals surface area contributed by atoms with Gasteiger partial charge in [0.1, 0.15) is 5.75 Å². The molecule has 2 aromatic carbocycles. The molecule has 2 aromatic rings. The number of hydrogen-bond donors (Lipinski definition) is 1. The van der Waals surface area contributed by atoms with Gasteiger partial charge in [0.2, 0.25) is 5.91 Å². The smallest absolute Gasteiger partial charge is 0.344 e. The summed E-state index contributed by atoms with van der Waals surface area (Å²) < 4.78 is 10.4. The lowest BCUT2D eigenvalue weighted by Crippen LogP contribution is -2.19. The number of carbonyl (C=O) groups excluding carboxylic acids is 3. The van der Waals surface area contributed by atoms with E-state index in [0.717, 1.165) is 17.5 Å². The molecule has 0 radical (unpaired) electrons. The van der Waals surface area contributed by atoms with Crippen molar-refractivity contribution >= 4 is 23.3 Å². The van der Waals surface area contributed by atoms with Gasteiger partial charge in [-0.25, -0.2) is 4.79 Å². The number of esters is 1. The molecule has 0 heterocycles. The highest BCUT2D eigenvalue weighted by Gasteiger charge is 2.12. The summed E-state index contributed by atoms with van der Waals surface area (Å²) in [5.41, 5.74) is 3.05. The van der Waals surface area contributed by atoms with Crippen LogP contribution in [0.3, 0.4) is 0 Å². The third-order valence-corrected chi connectivity index (χ3v) is 4.01. The number of benzene rings is 2. The van der Waals surface area contributed by atoms with Crippen molar-refractivity contribution in [1.29, 1.82) is 0 Å². The van der Waals surface area contributed by atoms with Crippen LogP contribution in [0.25, 0.3) is 0 Å². The molecule has 0 aliphatic heterocycles. The van der Waals surface area contributed by atoms with E-state index in [0.29, 0.717) is 23.4 Å². The van der Waals surface area contributed by atoms with Crippen molar-refractivity contribution in [3.05, 3.63) is 59.2 Å². The Morgan fingerprint density at radius 1 is 0.964 bits per heavy atom. The number of hydrogen-bond acceptors (Lipinski definition) is 5. The number of ketones is 1. The summed E-state index contributed by atoms with van der Waals surface area (Å²) in [6.07, 6.45) is 1.21. The van der Waals surface area contributed by atoms with Crippen LogP contribution >= 0.6 is 0 Å². The highest BCUT2D eigenvalue weighted by molar-refractivity contribution is 5.98. The summed E-state index contributed by atoms with van der Waals surface area (Å²) in [5.74, 6) is -0.406. The van der Waals surface area contributed by atoms with Crippen molar-refractivity contribution in [2.75, 3.05) is 18.5 Å². The summed E-state index contributed by atoms with van der Waals surface area (Å²) in [6, 6.07) is 12.1. The number of carbonyl (C=O) groups is 3. The monoisotopic (exact) mass is 383 g/mol. The van der Waals surface area contributed by atoms with Crippen LogP contribution < -0.4 is 10.1 Å². The molecule has 0 fully saturated rings. The van der Waals surface area contributed by atoms with Crippen LogP contribution in [0.1, 0.15) is 41.3 Å². The standard InChI is InChI=1S/C22H25NO5/c1-4-5-21(25)23-18-9-7-17(8-10-18)19(24)13-28-22(26)14-27-20-11-6-15(2)12-16(20)3/h6-12H,4-5,13-14H2,1-3H3,(H,23,25). The minimum absolute atomic E-state index is 0.0701. The first-order valence-electron chi connectivity index (χ1n) is 9.18. The van der Waals surface area contributed by atoms with E-state index in [4.69, 9.17) is 9.47 Å². The Kier molecular flexibility index (Phi) is 7.75. The van der Waals surface area contributed by atoms with Gasteiger partial charge in [-0.05, 0) is 56.2 Å². The van der Waals surface area contributed by atoms with E-state index in [1.165, 1.54) is 0 Å². The molecular formula is C22H25NO5. The zero-order valence-corrected chi connectivity index (χ0v) is 16.4. The highest BCUT2D eigenvalue weighted by Crippen LogP contribution is 2.18. The summed E-state index contributed by atoms with van der Waals surface area (Å²) in [6.45, 7) is 5.17. The van der Waals surface area contributed by atoms with E-state index >= 15 is 0 Å². The van der Waals surface area contributed by atoms with Gasteiger partial charge in [-0.15, -0.1) is 0 Å². The van der Waals surface area contributed by atoms with Gasteiger partial charge >= 0.3 is 5.97 Å². The van der Waals surface area contributed by atoms with Crippen molar-refractivity contribution in [2.24, 2.45) is 0 Å². The minimum Gasteiger partial charge on any atom is -0.482 e. The van der Waals surface area contributed by atoms with E-state index in [1.54, 1.807) is 30.3 Å². The van der Waals surface area contributed by atoms with Crippen LogP contribution in [0.5, 0.6) is 5.75 Å². The molecule has 0 bridgehead atoms. The van der Waals surface area contributed by atoms with Crippen LogP contribution in [0.15, 0.2) is 42.5 Å². The maximum absolute atomic E-state index is 12.1. The second-order valence-corrected chi connectivity index (χ2v) is 6.52. The maximum Gasteiger partial charge on any atom is 0.344 e. The molecule has 148 valence electrons. The third kappa shape index (κ3) is 6.54. The van der Waals surface area contributed by atoms with Crippen LogP contribution in [0.2, 0.25) is 0 Å². The lowest BCUT2D eigenvalue weighted by atomic mass is 10.1. The molecule has 0 atom stereocenters. The SMILES string of the molecule is CCCC(=O)Nc1ccc(C(=O)COC(=O)COc2ccc(C)cc2C)cc1. The van der Waals surface area contributed by atoms with Crippen molar-refractivity contribution in [3.8, 4) is 5.75 Å². The zero-order valence-electron chi connectivity index (χ0n) is 16.4. The van der Waals surface area contributed by atoms with Crippen LogP contribution in [0.4, 0.5) is 5.69 Å². The van der Waals surface area contributed by atoms with E-state index in [9.17, 15) is 14.4 Å². The van der Waals surface area contributed by atoms with E-state index < -0.39 is 5.97 Å². The molecular weight excluding hydrogens is 358 g/mol. The van der Waals surface area contributed by atoms with E-state index in [-0.39, 0.29) is 24.9 Å². The first-order chi connectivity index (χ1) is 13.4. The van der Waals surface area contributed by atoms with Crippen LogP contribution in [-0.2, 0) is 14.3 Å². The van der Waals surface area contributed by atoms with Crippen molar-refractivity contribution in [3.63, 3.8) is 0 Å². The van der Waals surface area contributed by atoms with E-state index in [1.807, 2.05) is 32.9 Å². The summed E-state index contributed by atoms with van der Waals surface area (Å²) in [4.78, 5) is 35.5. The summed E-state index contributed by atoms with van der Waals surface area (Å²) in [7, 11) is 0. The number of Topliss-reactive ketones (excluding diaryl/α,β-unsaturated/α-hetero) is 1. The Morgan fingerprint density at radius 2 is 1.68 bits per heavy atom. The Hall–Kier alpha value is -3.15. The Morgan fingerprint density at radius 3 is 2.32 bits per heavy atom. The largest absolute Gasteiger partial charge is 0.482 e. The Labute approximate surface area is 164 Å².